The Labute approximate surface area is 177 Å². The molecule has 1 aliphatic rings. The van der Waals surface area contributed by atoms with Gasteiger partial charge in [0.05, 0.1) is 15.9 Å². The molecule has 0 radical (unpaired) electrons. The average molecular weight is 419 g/mol. The van der Waals surface area contributed by atoms with E-state index in [1.165, 1.54) is 0 Å². The van der Waals surface area contributed by atoms with Gasteiger partial charge >= 0.3 is 0 Å². The first-order chi connectivity index (χ1) is 14.6. The van der Waals surface area contributed by atoms with Crippen LogP contribution in [0.5, 0.6) is 0 Å². The molecule has 0 aliphatic carbocycles. The Kier molecular flexibility index (Phi) is 4.84. The van der Waals surface area contributed by atoms with Crippen molar-refractivity contribution in [3.8, 4) is 11.3 Å². The van der Waals surface area contributed by atoms with Crippen molar-refractivity contribution in [2.75, 3.05) is 20.1 Å². The molecule has 1 amide bonds. The molecule has 4 aromatic rings. The van der Waals surface area contributed by atoms with Gasteiger partial charge in [0.25, 0.3) is 5.91 Å². The summed E-state index contributed by atoms with van der Waals surface area (Å²) in [6.45, 7) is 1.95. The number of ketones is 1. The lowest BCUT2D eigenvalue weighted by atomic mass is 9.97. The summed E-state index contributed by atoms with van der Waals surface area (Å²) in [5.74, 6) is 0.563. The van der Waals surface area contributed by atoms with Crippen molar-refractivity contribution in [1.29, 1.82) is 0 Å². The highest BCUT2D eigenvalue weighted by molar-refractivity contribution is 7.23. The third-order valence-corrected chi connectivity index (χ3v) is 6.74. The van der Waals surface area contributed by atoms with Gasteiger partial charge in [-0.15, -0.1) is 0 Å². The Morgan fingerprint density at radius 1 is 1.20 bits per heavy atom. The SMILES string of the molecule is CNC(=O)c1ccc(-c2cn3c(n2)sc2cc(C(=O)C[C@H]4CCNC4)ccc23)cc1. The van der Waals surface area contributed by atoms with E-state index in [9.17, 15) is 9.59 Å². The van der Waals surface area contributed by atoms with Crippen LogP contribution in [-0.2, 0) is 0 Å². The van der Waals surface area contributed by atoms with E-state index in [0.29, 0.717) is 17.9 Å². The van der Waals surface area contributed by atoms with E-state index in [1.807, 2.05) is 36.5 Å². The Morgan fingerprint density at radius 2 is 2.00 bits per heavy atom. The zero-order valence-corrected chi connectivity index (χ0v) is 17.5. The third kappa shape index (κ3) is 3.40. The van der Waals surface area contributed by atoms with Crippen molar-refractivity contribution >= 4 is 38.2 Å². The van der Waals surface area contributed by atoms with Crippen molar-refractivity contribution in [2.24, 2.45) is 5.92 Å². The zero-order valence-electron chi connectivity index (χ0n) is 16.6. The molecule has 3 heterocycles. The lowest BCUT2D eigenvalue weighted by Gasteiger charge is -2.07. The van der Waals surface area contributed by atoms with Gasteiger partial charge in [-0.1, -0.05) is 23.5 Å². The van der Waals surface area contributed by atoms with E-state index in [4.69, 9.17) is 4.98 Å². The van der Waals surface area contributed by atoms with Gasteiger partial charge in [-0.25, -0.2) is 4.98 Å². The number of amides is 1. The Balaban J connectivity index is 1.43. The van der Waals surface area contributed by atoms with Gasteiger partial charge in [0, 0.05) is 36.4 Å². The summed E-state index contributed by atoms with van der Waals surface area (Å²) in [5, 5.41) is 5.95. The number of nitrogens with zero attached hydrogens (tertiary/aromatic N) is 2. The molecule has 2 N–H and O–H groups in total. The predicted molar refractivity (Wildman–Crippen MR) is 119 cm³/mol. The minimum Gasteiger partial charge on any atom is -0.355 e. The van der Waals surface area contributed by atoms with E-state index < -0.39 is 0 Å². The van der Waals surface area contributed by atoms with Crippen LogP contribution in [-0.4, -0.2) is 41.2 Å². The van der Waals surface area contributed by atoms with Crippen molar-refractivity contribution in [2.45, 2.75) is 12.8 Å². The number of carbonyl (C=O) groups excluding carboxylic acids is 2. The molecule has 2 aromatic carbocycles. The number of thiazole rings is 1. The van der Waals surface area contributed by atoms with Gasteiger partial charge in [-0.3, -0.25) is 14.0 Å². The van der Waals surface area contributed by atoms with Crippen LogP contribution in [0.4, 0.5) is 0 Å². The van der Waals surface area contributed by atoms with Gasteiger partial charge in [0.1, 0.15) is 0 Å². The Hall–Kier alpha value is -3.03. The summed E-state index contributed by atoms with van der Waals surface area (Å²) in [6.07, 6.45) is 3.69. The Bertz CT molecular complexity index is 1250. The second-order valence-corrected chi connectivity index (χ2v) is 8.71. The molecule has 5 rings (SSSR count). The molecule has 152 valence electrons. The van der Waals surface area contributed by atoms with Crippen molar-refractivity contribution in [1.82, 2.24) is 20.0 Å². The maximum Gasteiger partial charge on any atom is 0.251 e. The molecular formula is C23H22N4O2S. The quantitative estimate of drug-likeness (QED) is 0.484. The normalized spacial score (nSPS) is 16.4. The number of hydrogen-bond donors (Lipinski definition) is 2. The van der Waals surface area contributed by atoms with Crippen LogP contribution in [0.1, 0.15) is 33.6 Å². The third-order valence-electron chi connectivity index (χ3n) is 5.72. The number of Topliss-reactive ketones (excluding diaryl/α,β-unsaturated/α-hetero) is 1. The van der Waals surface area contributed by atoms with Gasteiger partial charge in [-0.05, 0) is 55.8 Å². The van der Waals surface area contributed by atoms with E-state index in [-0.39, 0.29) is 11.7 Å². The summed E-state index contributed by atoms with van der Waals surface area (Å²) in [5.41, 5.74) is 4.28. The second kappa shape index (κ2) is 7.66. The van der Waals surface area contributed by atoms with Gasteiger partial charge in [0.2, 0.25) is 0 Å². The number of benzene rings is 2. The molecular weight excluding hydrogens is 396 g/mol. The summed E-state index contributed by atoms with van der Waals surface area (Å²) >= 11 is 1.59. The summed E-state index contributed by atoms with van der Waals surface area (Å²) in [4.78, 5) is 30.0. The van der Waals surface area contributed by atoms with Crippen molar-refractivity contribution < 1.29 is 9.59 Å². The highest BCUT2D eigenvalue weighted by Crippen LogP contribution is 2.31. The molecule has 7 heteroatoms. The van der Waals surface area contributed by atoms with Crippen LogP contribution in [0.25, 0.3) is 26.4 Å². The average Bonchev–Trinajstić information content (AvgIpc) is 3.49. The number of rotatable bonds is 5. The maximum absolute atomic E-state index is 12.7. The van der Waals surface area contributed by atoms with E-state index >= 15 is 0 Å². The largest absolute Gasteiger partial charge is 0.355 e. The molecule has 1 atom stereocenters. The molecule has 6 nitrogen and oxygen atoms in total. The lowest BCUT2D eigenvalue weighted by Crippen LogP contribution is -2.17. The fourth-order valence-electron chi connectivity index (χ4n) is 4.02. The summed E-state index contributed by atoms with van der Waals surface area (Å²) in [7, 11) is 1.62. The highest BCUT2D eigenvalue weighted by Gasteiger charge is 2.20. The standard InChI is InChI=1S/C23H22N4O2S/c1-24-22(29)16-4-2-15(3-5-16)18-13-27-19-7-6-17(11-21(19)30-23(27)26-18)20(28)10-14-8-9-25-12-14/h2-7,11,13-14,25H,8-10,12H2,1H3,(H,24,29)/t14-/m1/s1. The molecule has 30 heavy (non-hydrogen) atoms. The Morgan fingerprint density at radius 3 is 2.73 bits per heavy atom. The lowest BCUT2D eigenvalue weighted by molar-refractivity contribution is 0.0955. The van der Waals surface area contributed by atoms with Crippen molar-refractivity contribution in [3.63, 3.8) is 0 Å². The van der Waals surface area contributed by atoms with E-state index in [0.717, 1.165) is 51.5 Å². The summed E-state index contributed by atoms with van der Waals surface area (Å²) < 4.78 is 3.13. The summed E-state index contributed by atoms with van der Waals surface area (Å²) in [6, 6.07) is 13.4. The fraction of sp³-hybridized carbons (Fsp3) is 0.261. The predicted octanol–water partition coefficient (Wildman–Crippen LogP) is 3.76. The molecule has 0 bridgehead atoms. The number of carbonyl (C=O) groups is 2. The van der Waals surface area contributed by atoms with E-state index in [2.05, 4.69) is 15.0 Å². The first kappa shape index (κ1) is 19.0. The topological polar surface area (TPSA) is 75.5 Å². The number of aromatic nitrogens is 2. The van der Waals surface area contributed by atoms with Crippen LogP contribution in [0.15, 0.2) is 48.7 Å². The van der Waals surface area contributed by atoms with Crippen LogP contribution in [0.3, 0.4) is 0 Å². The van der Waals surface area contributed by atoms with Gasteiger partial charge in [0.15, 0.2) is 10.7 Å². The molecule has 1 fully saturated rings. The van der Waals surface area contributed by atoms with Crippen LogP contribution in [0.2, 0.25) is 0 Å². The molecule has 0 spiro atoms. The number of nitrogens with one attached hydrogen (secondary N) is 2. The first-order valence-electron chi connectivity index (χ1n) is 10.1. The number of fused-ring (bicyclic) bond motifs is 3. The van der Waals surface area contributed by atoms with Gasteiger partial charge < -0.3 is 10.6 Å². The highest BCUT2D eigenvalue weighted by atomic mass is 32.1. The number of imidazole rings is 1. The second-order valence-electron chi connectivity index (χ2n) is 7.71. The fourth-order valence-corrected chi connectivity index (χ4v) is 5.07. The monoisotopic (exact) mass is 418 g/mol. The first-order valence-corrected chi connectivity index (χ1v) is 10.9. The zero-order chi connectivity index (χ0) is 20.7. The molecule has 1 saturated heterocycles. The molecule has 1 aliphatic heterocycles. The molecule has 0 saturated carbocycles. The van der Waals surface area contributed by atoms with Gasteiger partial charge in [-0.2, -0.15) is 0 Å². The molecule has 2 aromatic heterocycles. The number of hydrogen-bond acceptors (Lipinski definition) is 5. The minimum absolute atomic E-state index is 0.104. The molecule has 0 unspecified atom stereocenters. The minimum atomic E-state index is -0.104. The van der Waals surface area contributed by atoms with E-state index in [1.54, 1.807) is 30.5 Å². The van der Waals surface area contributed by atoms with Crippen LogP contribution >= 0.6 is 11.3 Å². The van der Waals surface area contributed by atoms with Crippen molar-refractivity contribution in [3.05, 3.63) is 59.8 Å². The van der Waals surface area contributed by atoms with Crippen LogP contribution < -0.4 is 10.6 Å². The van der Waals surface area contributed by atoms with Crippen LogP contribution in [0, 0.1) is 5.92 Å². The maximum atomic E-state index is 12.7. The smallest absolute Gasteiger partial charge is 0.251 e.